The standard InChI is InChI=1S/C18H20F3NO/c1-12-6-7-17(23-2)16(8-12)14(11-22)9-13-4-3-5-15(10-13)18(19,20)21/h3-8,10,14H,9,11,22H2,1-2H3. The van der Waals surface area contributed by atoms with Crippen LogP contribution in [0.25, 0.3) is 0 Å². The van der Waals surface area contributed by atoms with Crippen molar-refractivity contribution in [2.75, 3.05) is 13.7 Å². The highest BCUT2D eigenvalue weighted by molar-refractivity contribution is 5.41. The lowest BCUT2D eigenvalue weighted by atomic mass is 9.90. The fourth-order valence-electron chi connectivity index (χ4n) is 2.65. The third-order valence-corrected chi connectivity index (χ3v) is 3.85. The largest absolute Gasteiger partial charge is 0.496 e. The molecule has 0 fully saturated rings. The number of ether oxygens (including phenoxy) is 1. The Balaban J connectivity index is 2.32. The second kappa shape index (κ2) is 7.04. The predicted octanol–water partition coefficient (Wildman–Crippen LogP) is 4.31. The summed E-state index contributed by atoms with van der Waals surface area (Å²) >= 11 is 0. The normalized spacial score (nSPS) is 13.0. The van der Waals surface area contributed by atoms with E-state index in [-0.39, 0.29) is 5.92 Å². The number of rotatable bonds is 5. The number of benzene rings is 2. The summed E-state index contributed by atoms with van der Waals surface area (Å²) in [4.78, 5) is 0. The van der Waals surface area contributed by atoms with Crippen LogP contribution in [0.1, 0.15) is 28.2 Å². The minimum absolute atomic E-state index is 0.103. The monoisotopic (exact) mass is 323 g/mol. The molecule has 0 saturated heterocycles. The van der Waals surface area contributed by atoms with Crippen molar-refractivity contribution in [1.82, 2.24) is 0 Å². The topological polar surface area (TPSA) is 35.2 Å². The lowest BCUT2D eigenvalue weighted by Crippen LogP contribution is -2.16. The first-order chi connectivity index (χ1) is 10.8. The van der Waals surface area contributed by atoms with Crippen LogP contribution in [0.3, 0.4) is 0 Å². The van der Waals surface area contributed by atoms with Gasteiger partial charge in [-0.2, -0.15) is 13.2 Å². The van der Waals surface area contributed by atoms with E-state index in [0.717, 1.165) is 17.2 Å². The molecule has 0 aromatic heterocycles. The zero-order valence-corrected chi connectivity index (χ0v) is 13.2. The zero-order chi connectivity index (χ0) is 17.0. The van der Waals surface area contributed by atoms with E-state index >= 15 is 0 Å². The van der Waals surface area contributed by atoms with E-state index in [1.807, 2.05) is 25.1 Å². The lowest BCUT2D eigenvalue weighted by molar-refractivity contribution is -0.137. The number of halogens is 3. The van der Waals surface area contributed by atoms with Gasteiger partial charge in [0, 0.05) is 5.92 Å². The molecule has 0 aliphatic rings. The summed E-state index contributed by atoms with van der Waals surface area (Å²) in [5, 5.41) is 0. The molecule has 2 nitrogen and oxygen atoms in total. The second-order valence-corrected chi connectivity index (χ2v) is 5.58. The Labute approximate surface area is 134 Å². The SMILES string of the molecule is COc1ccc(C)cc1C(CN)Cc1cccc(C(F)(F)F)c1. The van der Waals surface area contributed by atoms with Crippen molar-refractivity contribution in [2.45, 2.75) is 25.4 Å². The number of methoxy groups -OCH3 is 1. The number of nitrogens with two attached hydrogens (primary N) is 1. The van der Waals surface area contributed by atoms with E-state index in [1.165, 1.54) is 12.1 Å². The first kappa shape index (κ1) is 17.3. The number of hydrogen-bond acceptors (Lipinski definition) is 2. The van der Waals surface area contributed by atoms with E-state index in [2.05, 4.69) is 0 Å². The van der Waals surface area contributed by atoms with Gasteiger partial charge in [-0.25, -0.2) is 0 Å². The van der Waals surface area contributed by atoms with Crippen LogP contribution < -0.4 is 10.5 Å². The molecule has 0 spiro atoms. The van der Waals surface area contributed by atoms with Gasteiger partial charge in [0.1, 0.15) is 5.75 Å². The van der Waals surface area contributed by atoms with Gasteiger partial charge in [0.25, 0.3) is 0 Å². The minimum atomic E-state index is -4.34. The molecule has 2 rings (SSSR count). The molecule has 23 heavy (non-hydrogen) atoms. The van der Waals surface area contributed by atoms with E-state index < -0.39 is 11.7 Å². The molecular weight excluding hydrogens is 303 g/mol. The average Bonchev–Trinajstić information content (AvgIpc) is 2.52. The van der Waals surface area contributed by atoms with Crippen molar-refractivity contribution in [2.24, 2.45) is 5.73 Å². The van der Waals surface area contributed by atoms with E-state index in [1.54, 1.807) is 13.2 Å². The van der Waals surface area contributed by atoms with Gasteiger partial charge in [-0.05, 0) is 43.1 Å². The summed E-state index contributed by atoms with van der Waals surface area (Å²) in [5.41, 5.74) is 7.83. The predicted molar refractivity (Wildman–Crippen MR) is 84.7 cm³/mol. The molecule has 5 heteroatoms. The molecule has 124 valence electrons. The second-order valence-electron chi connectivity index (χ2n) is 5.58. The third-order valence-electron chi connectivity index (χ3n) is 3.85. The molecule has 0 radical (unpaired) electrons. The lowest BCUT2D eigenvalue weighted by Gasteiger charge is -2.19. The Kier molecular flexibility index (Phi) is 5.31. The van der Waals surface area contributed by atoms with Gasteiger partial charge >= 0.3 is 6.18 Å². The molecule has 2 aromatic rings. The van der Waals surface area contributed by atoms with Crippen LogP contribution in [0.2, 0.25) is 0 Å². The number of alkyl halides is 3. The Morgan fingerprint density at radius 2 is 1.87 bits per heavy atom. The molecular formula is C18H20F3NO. The fourth-order valence-corrected chi connectivity index (χ4v) is 2.65. The van der Waals surface area contributed by atoms with Gasteiger partial charge in [-0.15, -0.1) is 0 Å². The van der Waals surface area contributed by atoms with E-state index in [4.69, 9.17) is 10.5 Å². The van der Waals surface area contributed by atoms with Crippen molar-refractivity contribution >= 4 is 0 Å². The maximum absolute atomic E-state index is 12.8. The average molecular weight is 323 g/mol. The summed E-state index contributed by atoms with van der Waals surface area (Å²) in [6.07, 6.45) is -3.91. The van der Waals surface area contributed by atoms with Gasteiger partial charge < -0.3 is 10.5 Å². The van der Waals surface area contributed by atoms with Crippen molar-refractivity contribution in [1.29, 1.82) is 0 Å². The van der Waals surface area contributed by atoms with Crippen LogP contribution in [-0.4, -0.2) is 13.7 Å². The van der Waals surface area contributed by atoms with Crippen molar-refractivity contribution in [3.05, 3.63) is 64.7 Å². The molecule has 0 aliphatic heterocycles. The molecule has 0 saturated carbocycles. The van der Waals surface area contributed by atoms with Crippen LogP contribution in [0.4, 0.5) is 13.2 Å². The summed E-state index contributed by atoms with van der Waals surface area (Å²) in [7, 11) is 1.58. The summed E-state index contributed by atoms with van der Waals surface area (Å²) in [5.74, 6) is 0.603. The Bertz CT molecular complexity index is 668. The van der Waals surface area contributed by atoms with Crippen molar-refractivity contribution < 1.29 is 17.9 Å². The molecule has 0 bridgehead atoms. The van der Waals surface area contributed by atoms with Crippen LogP contribution in [0.15, 0.2) is 42.5 Å². The van der Waals surface area contributed by atoms with E-state index in [0.29, 0.717) is 24.3 Å². The fraction of sp³-hybridized carbons (Fsp3) is 0.333. The smallest absolute Gasteiger partial charge is 0.416 e. The maximum atomic E-state index is 12.8. The van der Waals surface area contributed by atoms with Crippen molar-refractivity contribution in [3.8, 4) is 5.75 Å². The van der Waals surface area contributed by atoms with E-state index in [9.17, 15) is 13.2 Å². The molecule has 0 heterocycles. The molecule has 1 unspecified atom stereocenters. The number of aryl methyl sites for hydroxylation is 1. The van der Waals surface area contributed by atoms with Gasteiger partial charge in [-0.1, -0.05) is 35.9 Å². The molecule has 1 atom stereocenters. The molecule has 2 N–H and O–H groups in total. The summed E-state index contributed by atoms with van der Waals surface area (Å²) in [6, 6.07) is 11.2. The first-order valence-electron chi connectivity index (χ1n) is 7.36. The number of hydrogen-bond donors (Lipinski definition) is 1. The van der Waals surface area contributed by atoms with Gasteiger partial charge in [0.15, 0.2) is 0 Å². The van der Waals surface area contributed by atoms with Crippen LogP contribution in [0, 0.1) is 6.92 Å². The quantitative estimate of drug-likeness (QED) is 0.890. The molecule has 0 amide bonds. The molecule has 2 aromatic carbocycles. The summed E-state index contributed by atoms with van der Waals surface area (Å²) < 4.78 is 43.9. The maximum Gasteiger partial charge on any atom is 0.416 e. The Morgan fingerprint density at radius 3 is 2.48 bits per heavy atom. The van der Waals surface area contributed by atoms with Gasteiger partial charge in [0.2, 0.25) is 0 Å². The minimum Gasteiger partial charge on any atom is -0.496 e. The highest BCUT2D eigenvalue weighted by Crippen LogP contribution is 2.33. The van der Waals surface area contributed by atoms with Crippen molar-refractivity contribution in [3.63, 3.8) is 0 Å². The zero-order valence-electron chi connectivity index (χ0n) is 13.2. The highest BCUT2D eigenvalue weighted by atomic mass is 19.4. The highest BCUT2D eigenvalue weighted by Gasteiger charge is 2.30. The first-order valence-corrected chi connectivity index (χ1v) is 7.36. The summed E-state index contributed by atoms with van der Waals surface area (Å²) in [6.45, 7) is 2.29. The van der Waals surface area contributed by atoms with Gasteiger partial charge in [-0.3, -0.25) is 0 Å². The van der Waals surface area contributed by atoms with Crippen LogP contribution >= 0.6 is 0 Å². The van der Waals surface area contributed by atoms with Crippen LogP contribution in [-0.2, 0) is 12.6 Å². The van der Waals surface area contributed by atoms with Gasteiger partial charge in [0.05, 0.1) is 12.7 Å². The Morgan fingerprint density at radius 1 is 1.13 bits per heavy atom. The van der Waals surface area contributed by atoms with Crippen LogP contribution in [0.5, 0.6) is 5.75 Å². The third kappa shape index (κ3) is 4.26. The molecule has 0 aliphatic carbocycles. The Hall–Kier alpha value is -2.01.